The first-order valence-corrected chi connectivity index (χ1v) is 5.65. The average Bonchev–Trinajstić information content (AvgIpc) is 2.22. The SMILES string of the molecule is CN1CC2[CH2][V][CH2]C2C1. The quantitative estimate of drug-likeness (QED) is 0.515. The van der Waals surface area contributed by atoms with E-state index < -0.39 is 0 Å². The summed E-state index contributed by atoms with van der Waals surface area (Å²) < 4.78 is 0. The maximum atomic E-state index is 2.50. The molecule has 0 aliphatic carbocycles. The maximum absolute atomic E-state index is 2.50. The third kappa shape index (κ3) is 1.06. The van der Waals surface area contributed by atoms with Gasteiger partial charge in [-0.15, -0.1) is 0 Å². The standard InChI is InChI=1S/C7H13N.V/c1-6-4-8(3)5-7(6)2;/h6-7H,1-2,4-5H2,3H3;. The van der Waals surface area contributed by atoms with Crippen molar-refractivity contribution >= 4 is 0 Å². The summed E-state index contributed by atoms with van der Waals surface area (Å²) in [7, 11) is 2.26. The molecule has 2 fully saturated rings. The Morgan fingerprint density at radius 1 is 1.22 bits per heavy atom. The molecule has 2 atom stereocenters. The minimum absolute atomic E-state index is 0.785. The second-order valence-electron chi connectivity index (χ2n) is 3.33. The van der Waals surface area contributed by atoms with Gasteiger partial charge in [-0.25, -0.2) is 0 Å². The summed E-state index contributed by atoms with van der Waals surface area (Å²) in [5.74, 6) is 2.24. The van der Waals surface area contributed by atoms with Crippen LogP contribution in [0.2, 0.25) is 10.3 Å². The predicted octanol–water partition coefficient (Wildman–Crippen LogP) is 1.10. The molecule has 2 heteroatoms. The zero-order valence-corrected chi connectivity index (χ0v) is 7.27. The van der Waals surface area contributed by atoms with Crippen LogP contribution in [0.25, 0.3) is 0 Å². The van der Waals surface area contributed by atoms with Crippen molar-refractivity contribution in [3.63, 3.8) is 0 Å². The van der Waals surface area contributed by atoms with Crippen LogP contribution in [-0.2, 0) is 16.3 Å². The molecule has 0 aromatic rings. The molecule has 2 rings (SSSR count). The Balaban J connectivity index is 2.02. The summed E-state index contributed by atoms with van der Waals surface area (Å²) in [6.45, 7) is 2.81. The van der Waals surface area contributed by atoms with Crippen LogP contribution in [0.15, 0.2) is 0 Å². The molecule has 1 nitrogen and oxygen atoms in total. The van der Waals surface area contributed by atoms with Gasteiger partial charge < -0.3 is 0 Å². The van der Waals surface area contributed by atoms with Gasteiger partial charge in [0, 0.05) is 0 Å². The number of hydrogen-bond acceptors (Lipinski definition) is 1. The zero-order chi connectivity index (χ0) is 6.27. The van der Waals surface area contributed by atoms with Crippen LogP contribution in [-0.4, -0.2) is 25.0 Å². The van der Waals surface area contributed by atoms with Crippen molar-refractivity contribution in [1.82, 2.24) is 4.90 Å². The normalized spacial score (nSPS) is 42.8. The minimum atomic E-state index is 0.785. The van der Waals surface area contributed by atoms with Crippen LogP contribution in [0.5, 0.6) is 0 Å². The van der Waals surface area contributed by atoms with Crippen LogP contribution in [0.3, 0.4) is 0 Å². The van der Waals surface area contributed by atoms with Crippen LogP contribution in [0.1, 0.15) is 0 Å². The predicted molar refractivity (Wildman–Crippen MR) is 34.1 cm³/mol. The molecular formula is C7H13NV. The van der Waals surface area contributed by atoms with Gasteiger partial charge in [0.1, 0.15) is 0 Å². The van der Waals surface area contributed by atoms with Gasteiger partial charge in [0.2, 0.25) is 0 Å². The fraction of sp³-hybridized carbons (Fsp3) is 1.00. The molecule has 0 saturated carbocycles. The van der Waals surface area contributed by atoms with E-state index in [1.54, 1.807) is 10.3 Å². The van der Waals surface area contributed by atoms with E-state index in [2.05, 4.69) is 11.9 Å². The number of likely N-dealkylation sites (tertiary alicyclic amines) is 1. The van der Waals surface area contributed by atoms with Gasteiger partial charge in [-0.2, -0.15) is 0 Å². The Kier molecular flexibility index (Phi) is 1.60. The molecule has 2 unspecified atom stereocenters. The van der Waals surface area contributed by atoms with Gasteiger partial charge in [0.15, 0.2) is 0 Å². The van der Waals surface area contributed by atoms with Crippen LogP contribution >= 0.6 is 0 Å². The van der Waals surface area contributed by atoms with Crippen molar-refractivity contribution in [2.45, 2.75) is 10.3 Å². The Hall–Kier alpha value is 0.544. The van der Waals surface area contributed by atoms with Crippen LogP contribution in [0.4, 0.5) is 0 Å². The van der Waals surface area contributed by atoms with E-state index in [4.69, 9.17) is 0 Å². The molecule has 2 saturated heterocycles. The molecule has 2 aliphatic heterocycles. The van der Waals surface area contributed by atoms with Crippen LogP contribution < -0.4 is 0 Å². The van der Waals surface area contributed by atoms with Crippen molar-refractivity contribution < 1.29 is 16.3 Å². The summed E-state index contributed by atoms with van der Waals surface area (Å²) >= 11 is 0.785. The van der Waals surface area contributed by atoms with Crippen molar-refractivity contribution in [1.29, 1.82) is 0 Å². The molecular weight excluding hydrogens is 149 g/mol. The second kappa shape index (κ2) is 2.30. The summed E-state index contributed by atoms with van der Waals surface area (Å²) in [6.07, 6.45) is 0. The van der Waals surface area contributed by atoms with E-state index in [-0.39, 0.29) is 0 Å². The van der Waals surface area contributed by atoms with E-state index in [1.807, 2.05) is 0 Å². The van der Waals surface area contributed by atoms with E-state index in [1.165, 1.54) is 13.1 Å². The summed E-state index contributed by atoms with van der Waals surface area (Å²) in [5.41, 5.74) is 0. The number of fused-ring (bicyclic) bond motifs is 1. The molecule has 9 heavy (non-hydrogen) atoms. The summed E-state index contributed by atoms with van der Waals surface area (Å²) in [4.78, 5) is 2.50. The van der Waals surface area contributed by atoms with Gasteiger partial charge in [0.05, 0.1) is 0 Å². The first-order chi connectivity index (χ1) is 4.36. The molecule has 0 aromatic heterocycles. The third-order valence-electron chi connectivity index (χ3n) is 2.49. The molecule has 0 amide bonds. The summed E-state index contributed by atoms with van der Waals surface area (Å²) in [5, 5.41) is 3.21. The zero-order valence-electron chi connectivity index (χ0n) is 5.88. The second-order valence-corrected chi connectivity index (χ2v) is 5.17. The number of rotatable bonds is 0. The number of nitrogens with zero attached hydrogens (tertiary/aromatic N) is 1. The van der Waals surface area contributed by atoms with Crippen molar-refractivity contribution in [2.24, 2.45) is 11.8 Å². The van der Waals surface area contributed by atoms with Crippen molar-refractivity contribution in [3.8, 4) is 0 Å². The van der Waals surface area contributed by atoms with Gasteiger partial charge in [0.25, 0.3) is 0 Å². The topological polar surface area (TPSA) is 3.24 Å². The average molecular weight is 162 g/mol. The Bertz CT molecular complexity index is 103. The first kappa shape index (κ1) is 6.27. The Morgan fingerprint density at radius 2 is 1.78 bits per heavy atom. The Morgan fingerprint density at radius 3 is 2.33 bits per heavy atom. The fourth-order valence-corrected chi connectivity index (χ4v) is 4.55. The van der Waals surface area contributed by atoms with Crippen molar-refractivity contribution in [3.05, 3.63) is 0 Å². The van der Waals surface area contributed by atoms with Gasteiger partial charge in [-0.3, -0.25) is 0 Å². The molecule has 51 valence electrons. The van der Waals surface area contributed by atoms with Gasteiger partial charge >= 0.3 is 63.4 Å². The molecule has 0 aromatic carbocycles. The molecule has 2 heterocycles. The van der Waals surface area contributed by atoms with Crippen LogP contribution in [0, 0.1) is 11.8 Å². The molecule has 0 bridgehead atoms. The number of hydrogen-bond donors (Lipinski definition) is 0. The summed E-state index contributed by atoms with van der Waals surface area (Å²) in [6, 6.07) is 0. The van der Waals surface area contributed by atoms with E-state index in [0.29, 0.717) is 0 Å². The van der Waals surface area contributed by atoms with E-state index in [9.17, 15) is 0 Å². The third-order valence-corrected chi connectivity index (χ3v) is 4.76. The molecule has 2 aliphatic rings. The van der Waals surface area contributed by atoms with Crippen molar-refractivity contribution in [2.75, 3.05) is 20.1 Å². The Labute approximate surface area is 63.8 Å². The first-order valence-electron chi connectivity index (χ1n) is 3.68. The molecule has 0 spiro atoms. The van der Waals surface area contributed by atoms with Gasteiger partial charge in [-0.1, -0.05) is 0 Å². The molecule has 0 N–H and O–H groups in total. The molecule has 0 radical (unpaired) electrons. The monoisotopic (exact) mass is 162 g/mol. The fourth-order valence-electron chi connectivity index (χ4n) is 1.99. The van der Waals surface area contributed by atoms with Gasteiger partial charge in [-0.05, 0) is 0 Å². The van der Waals surface area contributed by atoms with E-state index in [0.717, 1.165) is 28.1 Å². The van der Waals surface area contributed by atoms with E-state index >= 15 is 0 Å².